The molecule has 0 radical (unpaired) electrons. The smallest absolute Gasteiger partial charge is 0.410 e. The van der Waals surface area contributed by atoms with Gasteiger partial charge in [-0.25, -0.2) is 4.57 Å². The molecule has 3 nitrogen and oxygen atoms in total. The van der Waals surface area contributed by atoms with Crippen LogP contribution >= 0.6 is 7.60 Å². The van der Waals surface area contributed by atoms with Crippen LogP contribution in [0.15, 0.2) is 54.6 Å². The highest BCUT2D eigenvalue weighted by Gasteiger charge is 2.27. The van der Waals surface area contributed by atoms with E-state index in [0.29, 0.717) is 11.1 Å². The van der Waals surface area contributed by atoms with E-state index in [1.165, 1.54) is 7.11 Å². The lowest BCUT2D eigenvalue weighted by Gasteiger charge is -2.17. The van der Waals surface area contributed by atoms with Crippen molar-refractivity contribution in [2.75, 3.05) is 7.11 Å². The van der Waals surface area contributed by atoms with Crippen LogP contribution < -0.4 is 9.83 Å². The van der Waals surface area contributed by atoms with Gasteiger partial charge in [-0.15, -0.1) is 0 Å². The number of rotatable bonds is 4. The third-order valence-electron chi connectivity index (χ3n) is 2.56. The Bertz CT molecular complexity index is 549. The third-order valence-corrected chi connectivity index (χ3v) is 4.42. The van der Waals surface area contributed by atoms with Crippen molar-refractivity contribution < 1.29 is 13.6 Å². The van der Waals surface area contributed by atoms with Gasteiger partial charge in [0.15, 0.2) is 0 Å². The number of hydrogen-bond acceptors (Lipinski definition) is 3. The summed E-state index contributed by atoms with van der Waals surface area (Å²) >= 11 is 0. The summed E-state index contributed by atoms with van der Waals surface area (Å²) in [5.74, 6) is 0.537. The molecule has 4 heteroatoms. The highest BCUT2D eigenvalue weighted by Crippen LogP contribution is 2.46. The van der Waals surface area contributed by atoms with E-state index < -0.39 is 7.60 Å². The second-order valence-corrected chi connectivity index (χ2v) is 5.98. The lowest BCUT2D eigenvalue weighted by Crippen LogP contribution is -2.10. The van der Waals surface area contributed by atoms with E-state index in [4.69, 9.17) is 9.05 Å². The van der Waals surface area contributed by atoms with Crippen LogP contribution in [0.25, 0.3) is 0 Å². The molecule has 0 N–H and O–H groups in total. The van der Waals surface area contributed by atoms with E-state index in [-0.39, 0.29) is 0 Å². The Morgan fingerprint density at radius 2 is 1.56 bits per heavy atom. The molecule has 2 rings (SSSR count). The Kier molecular flexibility index (Phi) is 3.85. The minimum Gasteiger partial charge on any atom is -0.421 e. The molecule has 0 aliphatic carbocycles. The first kappa shape index (κ1) is 12.9. The molecule has 0 aliphatic rings. The zero-order valence-electron chi connectivity index (χ0n) is 10.4. The van der Waals surface area contributed by atoms with Crippen LogP contribution in [0, 0.1) is 6.92 Å². The molecule has 0 heterocycles. The lowest BCUT2D eigenvalue weighted by molar-refractivity contribution is 0.334. The summed E-state index contributed by atoms with van der Waals surface area (Å²) < 4.78 is 23.2. The topological polar surface area (TPSA) is 35.5 Å². The summed E-state index contributed by atoms with van der Waals surface area (Å²) in [7, 11) is -1.90. The minimum atomic E-state index is -3.29. The second kappa shape index (κ2) is 5.38. The fourth-order valence-electron chi connectivity index (χ4n) is 1.54. The summed E-state index contributed by atoms with van der Waals surface area (Å²) in [6.07, 6.45) is 0. The van der Waals surface area contributed by atoms with E-state index in [1.807, 2.05) is 25.1 Å². The summed E-state index contributed by atoms with van der Waals surface area (Å²) in [6.45, 7) is 1.98. The van der Waals surface area contributed by atoms with Crippen LogP contribution in [0.5, 0.6) is 5.75 Å². The van der Waals surface area contributed by atoms with Gasteiger partial charge >= 0.3 is 7.60 Å². The summed E-state index contributed by atoms with van der Waals surface area (Å²) in [5, 5.41) is 0.549. The molecule has 0 spiro atoms. The van der Waals surface area contributed by atoms with Gasteiger partial charge in [-0.05, 0) is 31.2 Å². The van der Waals surface area contributed by atoms with Crippen LogP contribution in [-0.4, -0.2) is 7.11 Å². The Balaban J connectivity index is 2.29. The van der Waals surface area contributed by atoms with Crippen molar-refractivity contribution in [2.45, 2.75) is 6.92 Å². The molecule has 18 heavy (non-hydrogen) atoms. The second-order valence-electron chi connectivity index (χ2n) is 3.92. The summed E-state index contributed by atoms with van der Waals surface area (Å²) in [5.41, 5.74) is 1.12. The van der Waals surface area contributed by atoms with Crippen molar-refractivity contribution in [1.82, 2.24) is 0 Å². The summed E-state index contributed by atoms with van der Waals surface area (Å²) in [6, 6.07) is 16.3. The molecule has 1 unspecified atom stereocenters. The van der Waals surface area contributed by atoms with Gasteiger partial charge in [-0.3, -0.25) is 4.52 Å². The number of benzene rings is 2. The largest absolute Gasteiger partial charge is 0.421 e. The van der Waals surface area contributed by atoms with Crippen LogP contribution in [0.3, 0.4) is 0 Å². The minimum absolute atomic E-state index is 0.537. The van der Waals surface area contributed by atoms with Gasteiger partial charge in [0, 0.05) is 7.11 Å². The van der Waals surface area contributed by atoms with Crippen LogP contribution in [0.1, 0.15) is 5.56 Å². The zero-order chi connectivity index (χ0) is 13.0. The van der Waals surface area contributed by atoms with Crippen LogP contribution in [-0.2, 0) is 9.09 Å². The molecule has 0 saturated carbocycles. The first-order chi connectivity index (χ1) is 8.64. The molecule has 0 amide bonds. The number of hydrogen-bond donors (Lipinski definition) is 0. The van der Waals surface area contributed by atoms with E-state index in [9.17, 15) is 4.57 Å². The quantitative estimate of drug-likeness (QED) is 0.790. The first-order valence-electron chi connectivity index (χ1n) is 5.62. The lowest BCUT2D eigenvalue weighted by atomic mass is 10.2. The average Bonchev–Trinajstić information content (AvgIpc) is 2.42. The molecular weight excluding hydrogens is 247 g/mol. The zero-order valence-corrected chi connectivity index (χ0v) is 11.3. The van der Waals surface area contributed by atoms with E-state index in [0.717, 1.165) is 5.56 Å². The van der Waals surface area contributed by atoms with Gasteiger partial charge in [-0.1, -0.05) is 35.9 Å². The molecule has 94 valence electrons. The van der Waals surface area contributed by atoms with E-state index in [1.54, 1.807) is 36.4 Å². The highest BCUT2D eigenvalue weighted by atomic mass is 31.2. The summed E-state index contributed by atoms with van der Waals surface area (Å²) in [4.78, 5) is 0. The van der Waals surface area contributed by atoms with E-state index >= 15 is 0 Å². The first-order valence-corrected chi connectivity index (χ1v) is 7.16. The van der Waals surface area contributed by atoms with Gasteiger partial charge in [0.05, 0.1) is 5.30 Å². The molecule has 0 aromatic heterocycles. The van der Waals surface area contributed by atoms with Crippen LogP contribution in [0.4, 0.5) is 0 Å². The monoisotopic (exact) mass is 262 g/mol. The standard InChI is InChI=1S/C14H15O3P/c1-12-8-10-13(11-9-12)17-18(15,16-2)14-6-4-3-5-7-14/h3-11H,1-2H3. The van der Waals surface area contributed by atoms with Gasteiger partial charge in [0.25, 0.3) is 0 Å². The van der Waals surface area contributed by atoms with Crippen molar-refractivity contribution >= 4 is 12.9 Å². The van der Waals surface area contributed by atoms with Crippen molar-refractivity contribution in [1.29, 1.82) is 0 Å². The average molecular weight is 262 g/mol. The van der Waals surface area contributed by atoms with Gasteiger partial charge in [0.2, 0.25) is 0 Å². The van der Waals surface area contributed by atoms with Crippen molar-refractivity contribution in [3.05, 3.63) is 60.2 Å². The maximum Gasteiger partial charge on any atom is 0.410 e. The molecule has 2 aromatic rings. The normalized spacial score (nSPS) is 13.9. The van der Waals surface area contributed by atoms with E-state index in [2.05, 4.69) is 0 Å². The molecule has 0 saturated heterocycles. The molecule has 2 aromatic carbocycles. The van der Waals surface area contributed by atoms with Crippen molar-refractivity contribution in [3.63, 3.8) is 0 Å². The van der Waals surface area contributed by atoms with Crippen molar-refractivity contribution in [3.8, 4) is 5.75 Å². The van der Waals surface area contributed by atoms with Gasteiger partial charge in [-0.2, -0.15) is 0 Å². The highest BCUT2D eigenvalue weighted by molar-refractivity contribution is 7.62. The molecular formula is C14H15O3P. The Hall–Kier alpha value is -1.57. The SMILES string of the molecule is COP(=O)(Oc1ccc(C)cc1)c1ccccc1. The number of aryl methyl sites for hydroxylation is 1. The molecule has 0 aliphatic heterocycles. The molecule has 0 bridgehead atoms. The maximum atomic E-state index is 12.6. The predicted octanol–water partition coefficient (Wildman–Crippen LogP) is 3.54. The fourth-order valence-corrected chi connectivity index (χ4v) is 2.87. The Morgan fingerprint density at radius 3 is 2.11 bits per heavy atom. The predicted molar refractivity (Wildman–Crippen MR) is 72.5 cm³/mol. The Morgan fingerprint density at radius 1 is 0.944 bits per heavy atom. The van der Waals surface area contributed by atoms with Gasteiger partial charge in [0.1, 0.15) is 5.75 Å². The maximum absolute atomic E-state index is 12.6. The van der Waals surface area contributed by atoms with Gasteiger partial charge < -0.3 is 4.52 Å². The van der Waals surface area contributed by atoms with Crippen molar-refractivity contribution in [2.24, 2.45) is 0 Å². The Labute approximate surface area is 107 Å². The third kappa shape index (κ3) is 2.81. The molecule has 1 atom stereocenters. The fraction of sp³-hybridized carbons (Fsp3) is 0.143. The molecule has 0 fully saturated rings. The van der Waals surface area contributed by atoms with Crippen LogP contribution in [0.2, 0.25) is 0 Å².